The Hall–Kier alpha value is -2.89. The lowest BCUT2D eigenvalue weighted by Gasteiger charge is -2.36. The second kappa shape index (κ2) is 7.39. The number of aryl methyl sites for hydroxylation is 1. The number of hydrogen-bond donors (Lipinski definition) is 1. The predicted molar refractivity (Wildman–Crippen MR) is 108 cm³/mol. The number of pyridine rings is 1. The lowest BCUT2D eigenvalue weighted by molar-refractivity contribution is 0.442. The van der Waals surface area contributed by atoms with Gasteiger partial charge >= 0.3 is 0 Å². The highest BCUT2D eigenvalue weighted by atomic mass is 16.5. The molecule has 3 heterocycles. The van der Waals surface area contributed by atoms with Crippen LogP contribution in [-0.2, 0) is 0 Å². The Kier molecular flexibility index (Phi) is 4.79. The first-order valence-corrected chi connectivity index (χ1v) is 9.58. The van der Waals surface area contributed by atoms with Gasteiger partial charge in [-0.15, -0.1) is 0 Å². The molecular formula is C21H25N5O. The summed E-state index contributed by atoms with van der Waals surface area (Å²) in [5.74, 6) is 1.81. The fraction of sp³-hybridized carbons (Fsp3) is 0.381. The van der Waals surface area contributed by atoms with Gasteiger partial charge in [-0.2, -0.15) is 4.98 Å². The van der Waals surface area contributed by atoms with Gasteiger partial charge in [0, 0.05) is 23.7 Å². The molecule has 3 aromatic rings. The molecule has 0 amide bonds. The first kappa shape index (κ1) is 17.5. The third-order valence-electron chi connectivity index (χ3n) is 5.23. The SMILES string of the molecule is CCC1CCCCN1c1ncnc(Oc2cccc3ccc(C)nc23)c1N. The van der Waals surface area contributed by atoms with E-state index < -0.39 is 0 Å². The van der Waals surface area contributed by atoms with E-state index in [4.69, 9.17) is 10.5 Å². The second-order valence-electron chi connectivity index (χ2n) is 7.05. The minimum atomic E-state index is 0.385. The standard InChI is InChI=1S/C21H25N5O/c1-3-16-8-4-5-12-26(16)20-18(22)21(24-13-23-20)27-17-9-6-7-15-11-10-14(2)25-19(15)17/h6-7,9-11,13,16H,3-5,8,12,22H2,1-2H3. The lowest BCUT2D eigenvalue weighted by Crippen LogP contribution is -2.40. The van der Waals surface area contributed by atoms with Crippen LogP contribution in [0.4, 0.5) is 11.5 Å². The third-order valence-corrected chi connectivity index (χ3v) is 5.23. The summed E-state index contributed by atoms with van der Waals surface area (Å²) >= 11 is 0. The summed E-state index contributed by atoms with van der Waals surface area (Å²) in [5.41, 5.74) is 8.68. The highest BCUT2D eigenvalue weighted by molar-refractivity contribution is 5.85. The van der Waals surface area contributed by atoms with Gasteiger partial charge in [0.15, 0.2) is 11.6 Å². The minimum absolute atomic E-state index is 0.385. The zero-order chi connectivity index (χ0) is 18.8. The van der Waals surface area contributed by atoms with Gasteiger partial charge < -0.3 is 15.4 Å². The normalized spacial score (nSPS) is 17.3. The van der Waals surface area contributed by atoms with Gasteiger partial charge in [0.1, 0.15) is 17.5 Å². The van der Waals surface area contributed by atoms with Gasteiger partial charge in [0.05, 0.1) is 0 Å². The first-order chi connectivity index (χ1) is 13.2. The van der Waals surface area contributed by atoms with Crippen LogP contribution in [-0.4, -0.2) is 27.5 Å². The highest BCUT2D eigenvalue weighted by Gasteiger charge is 2.25. The number of fused-ring (bicyclic) bond motifs is 1. The molecule has 0 radical (unpaired) electrons. The first-order valence-electron chi connectivity index (χ1n) is 9.58. The van der Waals surface area contributed by atoms with Crippen LogP contribution in [0, 0.1) is 6.92 Å². The van der Waals surface area contributed by atoms with Crippen molar-refractivity contribution in [2.45, 2.75) is 45.6 Å². The molecule has 0 spiro atoms. The number of nitrogen functional groups attached to an aromatic ring is 1. The number of piperidine rings is 1. The van der Waals surface area contributed by atoms with Crippen molar-refractivity contribution >= 4 is 22.4 Å². The molecule has 2 aromatic heterocycles. The largest absolute Gasteiger partial charge is 0.435 e. The Morgan fingerprint density at radius 2 is 2.07 bits per heavy atom. The molecule has 1 saturated heterocycles. The molecule has 140 valence electrons. The van der Waals surface area contributed by atoms with Crippen LogP contribution < -0.4 is 15.4 Å². The minimum Gasteiger partial charge on any atom is -0.435 e. The number of benzene rings is 1. The summed E-state index contributed by atoms with van der Waals surface area (Å²) in [7, 11) is 0. The van der Waals surface area contributed by atoms with E-state index in [1.807, 2.05) is 37.3 Å². The maximum atomic E-state index is 6.44. The average molecular weight is 363 g/mol. The maximum Gasteiger partial charge on any atom is 0.248 e. The van der Waals surface area contributed by atoms with Crippen LogP contribution in [0.1, 0.15) is 38.3 Å². The summed E-state index contributed by atoms with van der Waals surface area (Å²) in [6.07, 6.45) is 6.19. The van der Waals surface area contributed by atoms with Gasteiger partial charge in [0.25, 0.3) is 0 Å². The number of anilines is 2. The van der Waals surface area contributed by atoms with Crippen molar-refractivity contribution in [2.75, 3.05) is 17.2 Å². The van der Waals surface area contributed by atoms with Crippen LogP contribution in [0.25, 0.3) is 10.9 Å². The average Bonchev–Trinajstić information content (AvgIpc) is 2.70. The zero-order valence-corrected chi connectivity index (χ0v) is 15.9. The van der Waals surface area contributed by atoms with Gasteiger partial charge in [-0.1, -0.05) is 25.1 Å². The smallest absolute Gasteiger partial charge is 0.248 e. The van der Waals surface area contributed by atoms with Crippen molar-refractivity contribution in [2.24, 2.45) is 0 Å². The summed E-state index contributed by atoms with van der Waals surface area (Å²) in [6.45, 7) is 5.14. The number of aromatic nitrogens is 3. The Bertz CT molecular complexity index is 958. The number of ether oxygens (including phenoxy) is 1. The van der Waals surface area contributed by atoms with Crippen LogP contribution in [0.15, 0.2) is 36.7 Å². The van der Waals surface area contributed by atoms with Crippen molar-refractivity contribution in [1.82, 2.24) is 15.0 Å². The fourth-order valence-electron chi connectivity index (χ4n) is 3.79. The molecule has 2 N–H and O–H groups in total. The lowest BCUT2D eigenvalue weighted by atomic mass is 10.00. The zero-order valence-electron chi connectivity index (χ0n) is 15.9. The van der Waals surface area contributed by atoms with Crippen molar-refractivity contribution in [1.29, 1.82) is 0 Å². The van der Waals surface area contributed by atoms with E-state index in [0.717, 1.165) is 41.8 Å². The van der Waals surface area contributed by atoms with Gasteiger partial charge in [-0.25, -0.2) is 9.97 Å². The molecule has 1 unspecified atom stereocenters. The number of para-hydroxylation sites is 1. The molecule has 6 heteroatoms. The van der Waals surface area contributed by atoms with Crippen molar-refractivity contribution < 1.29 is 4.74 Å². The predicted octanol–water partition coefficient (Wildman–Crippen LogP) is 4.48. The van der Waals surface area contributed by atoms with Crippen molar-refractivity contribution in [3.8, 4) is 11.6 Å². The Labute approximate surface area is 159 Å². The fourth-order valence-corrected chi connectivity index (χ4v) is 3.79. The van der Waals surface area contributed by atoms with Crippen molar-refractivity contribution in [3.63, 3.8) is 0 Å². The van der Waals surface area contributed by atoms with Crippen LogP contribution >= 0.6 is 0 Å². The topological polar surface area (TPSA) is 77.2 Å². The molecule has 1 aliphatic rings. The molecule has 0 bridgehead atoms. The second-order valence-corrected chi connectivity index (χ2v) is 7.05. The number of nitrogens with zero attached hydrogens (tertiary/aromatic N) is 4. The number of nitrogens with two attached hydrogens (primary N) is 1. The molecule has 0 saturated carbocycles. The van der Waals surface area contributed by atoms with Crippen LogP contribution in [0.5, 0.6) is 11.6 Å². The Morgan fingerprint density at radius 1 is 1.19 bits per heavy atom. The molecule has 1 aromatic carbocycles. The van der Waals surface area contributed by atoms with E-state index in [1.54, 1.807) is 0 Å². The summed E-state index contributed by atoms with van der Waals surface area (Å²) in [5, 5.41) is 1.02. The van der Waals surface area contributed by atoms with Crippen LogP contribution in [0.2, 0.25) is 0 Å². The molecule has 1 aliphatic heterocycles. The summed E-state index contributed by atoms with van der Waals surface area (Å²) < 4.78 is 6.11. The number of rotatable bonds is 4. The summed E-state index contributed by atoms with van der Waals surface area (Å²) in [4.78, 5) is 15.7. The van der Waals surface area contributed by atoms with E-state index in [9.17, 15) is 0 Å². The molecular weight excluding hydrogens is 338 g/mol. The molecule has 27 heavy (non-hydrogen) atoms. The Morgan fingerprint density at radius 3 is 2.93 bits per heavy atom. The molecule has 6 nitrogen and oxygen atoms in total. The third kappa shape index (κ3) is 3.39. The van der Waals surface area contributed by atoms with E-state index in [2.05, 4.69) is 26.8 Å². The van der Waals surface area contributed by atoms with E-state index in [-0.39, 0.29) is 0 Å². The quantitative estimate of drug-likeness (QED) is 0.736. The monoisotopic (exact) mass is 363 g/mol. The van der Waals surface area contributed by atoms with Gasteiger partial charge in [-0.3, -0.25) is 0 Å². The molecule has 1 atom stereocenters. The van der Waals surface area contributed by atoms with Crippen molar-refractivity contribution in [3.05, 3.63) is 42.4 Å². The maximum absolute atomic E-state index is 6.44. The van der Waals surface area contributed by atoms with E-state index in [0.29, 0.717) is 23.4 Å². The van der Waals surface area contributed by atoms with Gasteiger partial charge in [-0.05, 0) is 44.7 Å². The molecule has 0 aliphatic carbocycles. The molecule has 4 rings (SSSR count). The highest BCUT2D eigenvalue weighted by Crippen LogP contribution is 2.36. The van der Waals surface area contributed by atoms with Gasteiger partial charge in [0.2, 0.25) is 5.88 Å². The molecule has 1 fully saturated rings. The van der Waals surface area contributed by atoms with Crippen LogP contribution in [0.3, 0.4) is 0 Å². The number of hydrogen-bond acceptors (Lipinski definition) is 6. The Balaban J connectivity index is 1.71. The van der Waals surface area contributed by atoms with E-state index in [1.165, 1.54) is 19.2 Å². The van der Waals surface area contributed by atoms with E-state index >= 15 is 0 Å². The summed E-state index contributed by atoms with van der Waals surface area (Å²) in [6, 6.07) is 10.4.